The van der Waals surface area contributed by atoms with Crippen LogP contribution < -0.4 is 16.0 Å². The zero-order valence-corrected chi connectivity index (χ0v) is 14.0. The van der Waals surface area contributed by atoms with Crippen molar-refractivity contribution in [1.29, 1.82) is 0 Å². The highest BCUT2D eigenvalue weighted by molar-refractivity contribution is 5.99. The molecule has 0 saturated carbocycles. The van der Waals surface area contributed by atoms with Gasteiger partial charge in [-0.3, -0.25) is 4.79 Å². The fourth-order valence-corrected chi connectivity index (χ4v) is 3.32. The van der Waals surface area contributed by atoms with Gasteiger partial charge in [0.2, 0.25) is 5.91 Å². The van der Waals surface area contributed by atoms with Crippen LogP contribution in [0.3, 0.4) is 0 Å². The Morgan fingerprint density at radius 1 is 1.12 bits per heavy atom. The molecule has 1 aromatic rings. The van der Waals surface area contributed by atoms with Crippen LogP contribution in [0.5, 0.6) is 0 Å². The molecule has 2 aliphatic rings. The van der Waals surface area contributed by atoms with Gasteiger partial charge in [0.25, 0.3) is 0 Å². The summed E-state index contributed by atoms with van der Waals surface area (Å²) in [6, 6.07) is 7.28. The lowest BCUT2D eigenvalue weighted by atomic mass is 10.0. The molecule has 0 aromatic heterocycles. The largest absolute Gasteiger partial charge is 0.325 e. The molecular weight excluding hydrogens is 304 g/mol. The summed E-state index contributed by atoms with van der Waals surface area (Å²) in [5.74, 6) is 0.602. The molecule has 1 aromatic carbocycles. The predicted octanol–water partition coefficient (Wildman–Crippen LogP) is 2.64. The first-order chi connectivity index (χ1) is 11.7. The monoisotopic (exact) mass is 330 g/mol. The Hall–Kier alpha value is -2.08. The van der Waals surface area contributed by atoms with Crippen LogP contribution in [0.2, 0.25) is 0 Å². The third kappa shape index (κ3) is 4.47. The topological polar surface area (TPSA) is 73.5 Å². The number of rotatable bonds is 5. The Labute approximate surface area is 143 Å². The Morgan fingerprint density at radius 3 is 2.50 bits per heavy atom. The summed E-state index contributed by atoms with van der Waals surface area (Å²) in [6.45, 7) is 3.67. The number of para-hydroxylation sites is 2. The van der Waals surface area contributed by atoms with Gasteiger partial charge in [-0.2, -0.15) is 0 Å². The van der Waals surface area contributed by atoms with Crippen LogP contribution in [0.1, 0.15) is 32.1 Å². The number of amides is 3. The molecular formula is C18H26N4O2. The third-order valence-corrected chi connectivity index (χ3v) is 4.78. The molecule has 0 aliphatic carbocycles. The van der Waals surface area contributed by atoms with Gasteiger partial charge in [-0.15, -0.1) is 0 Å². The number of carbonyl (C=O) groups excluding carboxylic acids is 2. The molecule has 1 unspecified atom stereocenters. The lowest BCUT2D eigenvalue weighted by molar-refractivity contribution is -0.116. The van der Waals surface area contributed by atoms with E-state index in [1.165, 1.54) is 0 Å². The van der Waals surface area contributed by atoms with Crippen LogP contribution in [0.25, 0.3) is 0 Å². The first-order valence-corrected chi connectivity index (χ1v) is 8.88. The van der Waals surface area contributed by atoms with Gasteiger partial charge in [0.05, 0.1) is 11.4 Å². The Bertz CT molecular complexity index is 578. The molecule has 6 heteroatoms. The number of likely N-dealkylation sites (tertiary alicyclic amines) is 1. The van der Waals surface area contributed by atoms with Crippen molar-refractivity contribution < 1.29 is 9.59 Å². The van der Waals surface area contributed by atoms with E-state index in [4.69, 9.17) is 0 Å². The highest BCUT2D eigenvalue weighted by atomic mass is 16.2. The van der Waals surface area contributed by atoms with Crippen molar-refractivity contribution in [3.8, 4) is 0 Å². The summed E-state index contributed by atoms with van der Waals surface area (Å²) >= 11 is 0. The average Bonchev–Trinajstić information content (AvgIpc) is 3.28. The van der Waals surface area contributed by atoms with E-state index in [9.17, 15) is 9.59 Å². The molecule has 0 spiro atoms. The highest BCUT2D eigenvalue weighted by Crippen LogP contribution is 2.23. The second-order valence-electron chi connectivity index (χ2n) is 6.62. The summed E-state index contributed by atoms with van der Waals surface area (Å²) in [5.41, 5.74) is 1.32. The Morgan fingerprint density at radius 2 is 1.83 bits per heavy atom. The third-order valence-electron chi connectivity index (χ3n) is 4.78. The van der Waals surface area contributed by atoms with Gasteiger partial charge in [0.15, 0.2) is 0 Å². The van der Waals surface area contributed by atoms with E-state index >= 15 is 0 Å². The number of urea groups is 1. The van der Waals surface area contributed by atoms with Crippen molar-refractivity contribution in [2.75, 3.05) is 36.8 Å². The molecule has 2 saturated heterocycles. The van der Waals surface area contributed by atoms with E-state index in [1.807, 2.05) is 29.2 Å². The minimum absolute atomic E-state index is 0.00442. The lowest BCUT2D eigenvalue weighted by Crippen LogP contribution is -2.32. The van der Waals surface area contributed by atoms with Crippen molar-refractivity contribution in [3.63, 3.8) is 0 Å². The van der Waals surface area contributed by atoms with Crippen LogP contribution in [0, 0.1) is 5.92 Å². The van der Waals surface area contributed by atoms with Crippen LogP contribution >= 0.6 is 0 Å². The fraction of sp³-hybridized carbons (Fsp3) is 0.556. The summed E-state index contributed by atoms with van der Waals surface area (Å²) in [7, 11) is 0. The molecule has 3 N–H and O–H groups in total. The summed E-state index contributed by atoms with van der Waals surface area (Å²) in [5, 5.41) is 9.17. The number of hydrogen-bond donors (Lipinski definition) is 3. The SMILES string of the molecule is O=C(CCC1CCNC1)Nc1ccccc1NC(=O)N1CCCC1. The molecule has 2 heterocycles. The van der Waals surface area contributed by atoms with Crippen molar-refractivity contribution in [3.05, 3.63) is 24.3 Å². The van der Waals surface area contributed by atoms with Crippen LogP contribution in [-0.4, -0.2) is 43.0 Å². The quantitative estimate of drug-likeness (QED) is 0.777. The van der Waals surface area contributed by atoms with Crippen molar-refractivity contribution in [2.24, 2.45) is 5.92 Å². The van der Waals surface area contributed by atoms with Crippen LogP contribution in [-0.2, 0) is 4.79 Å². The van der Waals surface area contributed by atoms with E-state index < -0.39 is 0 Å². The number of hydrogen-bond acceptors (Lipinski definition) is 3. The smallest absolute Gasteiger partial charge is 0.321 e. The first-order valence-electron chi connectivity index (χ1n) is 8.88. The van der Waals surface area contributed by atoms with Gasteiger partial charge >= 0.3 is 6.03 Å². The molecule has 1 atom stereocenters. The Kier molecular flexibility index (Phi) is 5.69. The van der Waals surface area contributed by atoms with E-state index in [2.05, 4.69) is 16.0 Å². The molecule has 24 heavy (non-hydrogen) atoms. The van der Waals surface area contributed by atoms with Crippen LogP contribution in [0.4, 0.5) is 16.2 Å². The zero-order valence-electron chi connectivity index (χ0n) is 14.0. The summed E-state index contributed by atoms with van der Waals surface area (Å²) in [6.07, 6.45) is 4.68. The molecule has 3 rings (SSSR count). The number of nitrogens with one attached hydrogen (secondary N) is 3. The van der Waals surface area contributed by atoms with E-state index in [-0.39, 0.29) is 11.9 Å². The minimum atomic E-state index is -0.0915. The molecule has 0 bridgehead atoms. The fourth-order valence-electron chi connectivity index (χ4n) is 3.32. The standard InChI is InChI=1S/C18H26N4O2/c23-17(8-7-14-9-10-19-13-14)20-15-5-1-2-6-16(15)21-18(24)22-11-3-4-12-22/h1-2,5-6,14,19H,3-4,7-13H2,(H,20,23)(H,21,24). The first kappa shape index (κ1) is 16.8. The average molecular weight is 330 g/mol. The Balaban J connectivity index is 1.54. The number of anilines is 2. The number of benzene rings is 1. The van der Waals surface area contributed by atoms with Gasteiger partial charge in [0.1, 0.15) is 0 Å². The molecule has 130 valence electrons. The number of nitrogens with zero attached hydrogens (tertiary/aromatic N) is 1. The van der Waals surface area contributed by atoms with E-state index in [0.717, 1.165) is 51.9 Å². The number of carbonyl (C=O) groups is 2. The second-order valence-corrected chi connectivity index (χ2v) is 6.62. The van der Waals surface area contributed by atoms with Gasteiger partial charge < -0.3 is 20.9 Å². The molecule has 2 fully saturated rings. The molecule has 3 amide bonds. The lowest BCUT2D eigenvalue weighted by Gasteiger charge is -2.18. The summed E-state index contributed by atoms with van der Waals surface area (Å²) in [4.78, 5) is 26.3. The summed E-state index contributed by atoms with van der Waals surface area (Å²) < 4.78 is 0. The van der Waals surface area contributed by atoms with Gasteiger partial charge in [0, 0.05) is 19.5 Å². The van der Waals surface area contributed by atoms with Crippen molar-refractivity contribution >= 4 is 23.3 Å². The molecule has 2 aliphatic heterocycles. The van der Waals surface area contributed by atoms with E-state index in [0.29, 0.717) is 23.7 Å². The van der Waals surface area contributed by atoms with Crippen molar-refractivity contribution in [2.45, 2.75) is 32.1 Å². The maximum absolute atomic E-state index is 12.2. The second kappa shape index (κ2) is 8.15. The van der Waals surface area contributed by atoms with Crippen molar-refractivity contribution in [1.82, 2.24) is 10.2 Å². The van der Waals surface area contributed by atoms with Crippen LogP contribution in [0.15, 0.2) is 24.3 Å². The molecule has 0 radical (unpaired) electrons. The normalized spacial score (nSPS) is 20.2. The highest BCUT2D eigenvalue weighted by Gasteiger charge is 2.19. The maximum Gasteiger partial charge on any atom is 0.321 e. The molecule has 6 nitrogen and oxygen atoms in total. The van der Waals surface area contributed by atoms with Gasteiger partial charge in [-0.05, 0) is 56.8 Å². The predicted molar refractivity (Wildman–Crippen MR) is 95.1 cm³/mol. The van der Waals surface area contributed by atoms with Gasteiger partial charge in [-0.1, -0.05) is 12.1 Å². The maximum atomic E-state index is 12.2. The van der Waals surface area contributed by atoms with Gasteiger partial charge in [-0.25, -0.2) is 4.79 Å². The minimum Gasteiger partial charge on any atom is -0.325 e. The zero-order chi connectivity index (χ0) is 16.8. The van der Waals surface area contributed by atoms with E-state index in [1.54, 1.807) is 0 Å².